The van der Waals surface area contributed by atoms with E-state index in [1.807, 2.05) is 12.1 Å². The van der Waals surface area contributed by atoms with Crippen LogP contribution in [0.2, 0.25) is 0 Å². The number of hydrogen-bond donors (Lipinski definition) is 0. The molecule has 0 radical (unpaired) electrons. The summed E-state index contributed by atoms with van der Waals surface area (Å²) in [6, 6.07) is 7.28. The van der Waals surface area contributed by atoms with Crippen LogP contribution >= 0.6 is 11.6 Å². The molecule has 14 heavy (non-hydrogen) atoms. The zero-order chi connectivity index (χ0) is 10.4. The van der Waals surface area contributed by atoms with Crippen LogP contribution in [0.5, 0.6) is 11.5 Å². The van der Waals surface area contributed by atoms with Gasteiger partial charge in [0.25, 0.3) is 0 Å². The third-order valence-corrected chi connectivity index (χ3v) is 1.98. The normalized spacial score (nSPS) is 9.21. The van der Waals surface area contributed by atoms with Crippen LogP contribution < -0.4 is 9.47 Å². The van der Waals surface area contributed by atoms with Gasteiger partial charge in [-0.3, -0.25) is 0 Å². The number of alkyl halides is 1. The topological polar surface area (TPSA) is 42.2 Å². The smallest absolute Gasteiger partial charge is 0.174 e. The van der Waals surface area contributed by atoms with E-state index in [-0.39, 0.29) is 6.61 Å². The summed E-state index contributed by atoms with van der Waals surface area (Å²) in [6.07, 6.45) is 0. The minimum Gasteiger partial charge on any atom is -0.493 e. The first-order valence-electron chi connectivity index (χ1n) is 4.04. The molecule has 0 aliphatic carbocycles. The van der Waals surface area contributed by atoms with Gasteiger partial charge in [-0.25, -0.2) is 0 Å². The maximum atomic E-state index is 8.38. The predicted molar refractivity (Wildman–Crippen MR) is 53.7 cm³/mol. The van der Waals surface area contributed by atoms with E-state index in [0.717, 1.165) is 5.56 Å². The SMILES string of the molecule is COc1ccc(CCl)cc1OCC#N. The number of ether oxygens (including phenoxy) is 2. The Bertz CT molecular complexity index is 346. The molecule has 0 spiro atoms. The minimum atomic E-state index is 0.00208. The van der Waals surface area contributed by atoms with Crippen molar-refractivity contribution in [3.63, 3.8) is 0 Å². The molecule has 0 aromatic heterocycles. The summed E-state index contributed by atoms with van der Waals surface area (Å²) in [5.41, 5.74) is 0.931. The molecule has 0 aliphatic heterocycles. The Morgan fingerprint density at radius 1 is 1.43 bits per heavy atom. The van der Waals surface area contributed by atoms with Gasteiger partial charge in [0.15, 0.2) is 18.1 Å². The van der Waals surface area contributed by atoms with Gasteiger partial charge in [0, 0.05) is 5.88 Å². The molecule has 0 aliphatic rings. The number of rotatable bonds is 4. The molecule has 3 nitrogen and oxygen atoms in total. The predicted octanol–water partition coefficient (Wildman–Crippen LogP) is 2.34. The molecule has 1 aromatic rings. The number of benzene rings is 1. The van der Waals surface area contributed by atoms with Crippen molar-refractivity contribution in [2.45, 2.75) is 5.88 Å². The third kappa shape index (κ3) is 2.54. The summed E-state index contributed by atoms with van der Waals surface area (Å²) >= 11 is 5.67. The molecule has 4 heteroatoms. The first-order chi connectivity index (χ1) is 6.81. The lowest BCUT2D eigenvalue weighted by molar-refractivity contribution is 0.329. The van der Waals surface area contributed by atoms with E-state index in [0.29, 0.717) is 17.4 Å². The van der Waals surface area contributed by atoms with Gasteiger partial charge in [0.1, 0.15) is 6.07 Å². The third-order valence-electron chi connectivity index (χ3n) is 1.67. The van der Waals surface area contributed by atoms with Crippen molar-refractivity contribution >= 4 is 11.6 Å². The van der Waals surface area contributed by atoms with Crippen LogP contribution in [0.4, 0.5) is 0 Å². The first-order valence-corrected chi connectivity index (χ1v) is 4.58. The van der Waals surface area contributed by atoms with E-state index in [4.69, 9.17) is 26.3 Å². The van der Waals surface area contributed by atoms with Crippen LogP contribution in [0.25, 0.3) is 0 Å². The van der Waals surface area contributed by atoms with Crippen molar-refractivity contribution in [3.8, 4) is 17.6 Å². The largest absolute Gasteiger partial charge is 0.493 e. The van der Waals surface area contributed by atoms with Gasteiger partial charge in [0.2, 0.25) is 0 Å². The molecular formula is C10H10ClNO2. The lowest BCUT2D eigenvalue weighted by Crippen LogP contribution is -1.97. The number of hydrogen-bond acceptors (Lipinski definition) is 3. The second-order valence-electron chi connectivity index (χ2n) is 2.57. The van der Waals surface area contributed by atoms with E-state index in [1.165, 1.54) is 0 Å². The molecule has 0 atom stereocenters. The zero-order valence-electron chi connectivity index (χ0n) is 7.79. The summed E-state index contributed by atoms with van der Waals surface area (Å²) in [7, 11) is 1.55. The molecule has 1 rings (SSSR count). The van der Waals surface area contributed by atoms with Crippen LogP contribution in [0.3, 0.4) is 0 Å². The Morgan fingerprint density at radius 3 is 2.79 bits per heavy atom. The van der Waals surface area contributed by atoms with Gasteiger partial charge in [-0.05, 0) is 17.7 Å². The molecule has 0 bridgehead atoms. The fourth-order valence-electron chi connectivity index (χ4n) is 1.03. The van der Waals surface area contributed by atoms with Crippen molar-refractivity contribution in [1.29, 1.82) is 5.26 Å². The monoisotopic (exact) mass is 211 g/mol. The average Bonchev–Trinajstić information content (AvgIpc) is 2.25. The van der Waals surface area contributed by atoms with Gasteiger partial charge in [-0.2, -0.15) is 5.26 Å². The lowest BCUT2D eigenvalue weighted by atomic mass is 10.2. The highest BCUT2D eigenvalue weighted by molar-refractivity contribution is 6.17. The summed E-state index contributed by atoms with van der Waals surface area (Å²) in [5, 5.41) is 8.38. The van der Waals surface area contributed by atoms with Crippen LogP contribution in [0.15, 0.2) is 18.2 Å². The van der Waals surface area contributed by atoms with Gasteiger partial charge >= 0.3 is 0 Å². The number of nitriles is 1. The molecule has 74 valence electrons. The Kier molecular flexibility index (Phi) is 4.09. The highest BCUT2D eigenvalue weighted by Gasteiger charge is 2.04. The lowest BCUT2D eigenvalue weighted by Gasteiger charge is -2.08. The van der Waals surface area contributed by atoms with E-state index < -0.39 is 0 Å². The van der Waals surface area contributed by atoms with E-state index >= 15 is 0 Å². The maximum Gasteiger partial charge on any atom is 0.174 e. The van der Waals surface area contributed by atoms with Crippen molar-refractivity contribution in [2.24, 2.45) is 0 Å². The van der Waals surface area contributed by atoms with Crippen LogP contribution in [0, 0.1) is 11.3 Å². The van der Waals surface area contributed by atoms with Crippen LogP contribution in [-0.4, -0.2) is 13.7 Å². The van der Waals surface area contributed by atoms with Crippen LogP contribution in [0.1, 0.15) is 5.56 Å². The van der Waals surface area contributed by atoms with Crippen molar-refractivity contribution < 1.29 is 9.47 Å². The van der Waals surface area contributed by atoms with Gasteiger partial charge in [-0.1, -0.05) is 6.07 Å². The van der Waals surface area contributed by atoms with E-state index in [2.05, 4.69) is 0 Å². The molecular weight excluding hydrogens is 202 g/mol. The Hall–Kier alpha value is -1.40. The van der Waals surface area contributed by atoms with Crippen molar-refractivity contribution in [1.82, 2.24) is 0 Å². The summed E-state index contributed by atoms with van der Waals surface area (Å²) in [4.78, 5) is 0. The van der Waals surface area contributed by atoms with Gasteiger partial charge < -0.3 is 9.47 Å². The first kappa shape index (κ1) is 10.7. The quantitative estimate of drug-likeness (QED) is 0.718. The van der Waals surface area contributed by atoms with Crippen LogP contribution in [-0.2, 0) is 5.88 Å². The summed E-state index contributed by atoms with van der Waals surface area (Å²) in [6.45, 7) is 0.00208. The molecule has 0 amide bonds. The standard InChI is InChI=1S/C10H10ClNO2/c1-13-9-3-2-8(7-11)6-10(9)14-5-4-12/h2-3,6H,5,7H2,1H3. The zero-order valence-corrected chi connectivity index (χ0v) is 8.54. The molecule has 0 fully saturated rings. The highest BCUT2D eigenvalue weighted by Crippen LogP contribution is 2.28. The molecule has 0 unspecified atom stereocenters. The van der Waals surface area contributed by atoms with E-state index in [9.17, 15) is 0 Å². The molecule has 1 aromatic carbocycles. The van der Waals surface area contributed by atoms with Crippen molar-refractivity contribution in [2.75, 3.05) is 13.7 Å². The Balaban J connectivity index is 2.91. The number of nitrogens with zero attached hydrogens (tertiary/aromatic N) is 1. The van der Waals surface area contributed by atoms with Gasteiger partial charge in [0.05, 0.1) is 7.11 Å². The Labute approximate surface area is 87.8 Å². The molecule has 0 saturated carbocycles. The second-order valence-corrected chi connectivity index (χ2v) is 2.83. The van der Waals surface area contributed by atoms with E-state index in [1.54, 1.807) is 19.2 Å². The average molecular weight is 212 g/mol. The minimum absolute atomic E-state index is 0.00208. The summed E-state index contributed by atoms with van der Waals surface area (Å²) < 4.78 is 10.2. The second kappa shape index (κ2) is 5.36. The Morgan fingerprint density at radius 2 is 2.21 bits per heavy atom. The fourth-order valence-corrected chi connectivity index (χ4v) is 1.19. The molecule has 0 N–H and O–H groups in total. The number of halogens is 1. The fraction of sp³-hybridized carbons (Fsp3) is 0.300. The molecule has 0 saturated heterocycles. The summed E-state index contributed by atoms with van der Waals surface area (Å²) in [5.74, 6) is 1.56. The maximum absolute atomic E-state index is 8.38. The van der Waals surface area contributed by atoms with Gasteiger partial charge in [-0.15, -0.1) is 11.6 Å². The highest BCUT2D eigenvalue weighted by atomic mass is 35.5. The molecule has 0 heterocycles. The van der Waals surface area contributed by atoms with Crippen molar-refractivity contribution in [3.05, 3.63) is 23.8 Å². The number of methoxy groups -OCH3 is 1.